The Kier molecular flexibility index (Phi) is 15.2. The summed E-state index contributed by atoms with van der Waals surface area (Å²) < 4.78 is 10.0. The van der Waals surface area contributed by atoms with E-state index in [2.05, 4.69) is 354 Å². The van der Waals surface area contributed by atoms with Gasteiger partial charge in [-0.2, -0.15) is 10.5 Å². The Morgan fingerprint density at radius 3 is 0.560 bits per heavy atom. The normalized spacial score (nSPS) is 13.4. The lowest BCUT2D eigenvalue weighted by Crippen LogP contribution is -2.17. The van der Waals surface area contributed by atoms with Gasteiger partial charge in [0.2, 0.25) is 0 Å². The van der Waals surface area contributed by atoms with Gasteiger partial charge in [0, 0.05) is 48.7 Å². The number of benzene rings is 10. The van der Waals surface area contributed by atoms with Crippen molar-refractivity contribution in [2.45, 2.75) is 209 Å². The van der Waals surface area contributed by atoms with Crippen molar-refractivity contribution in [3.05, 3.63) is 225 Å². The molecule has 0 bridgehead atoms. The molecule has 0 saturated heterocycles. The average Bonchev–Trinajstić information content (AvgIpc) is 1.47. The van der Waals surface area contributed by atoms with Crippen LogP contribution in [0.25, 0.3) is 121 Å². The maximum atomic E-state index is 13.7. The first-order chi connectivity index (χ1) is 46.6. The molecule has 4 heterocycles. The number of aromatic nitrogens is 4. The Morgan fingerprint density at radius 2 is 0.400 bits per heavy atom. The van der Waals surface area contributed by atoms with Gasteiger partial charge in [0.25, 0.3) is 0 Å². The summed E-state index contributed by atoms with van der Waals surface area (Å²) in [7, 11) is 0. The third kappa shape index (κ3) is 10.9. The highest BCUT2D eigenvalue weighted by molar-refractivity contribution is 6.18. The van der Waals surface area contributed by atoms with Crippen molar-refractivity contribution in [1.82, 2.24) is 18.3 Å². The molecule has 6 nitrogen and oxygen atoms in total. The molecule has 14 aromatic rings. The molecule has 0 unspecified atom stereocenters. The third-order valence-electron chi connectivity index (χ3n) is 21.7. The molecule has 0 spiro atoms. The molecular formula is C94H100N6. The van der Waals surface area contributed by atoms with E-state index < -0.39 is 0 Å². The molecule has 6 heteroatoms. The lowest BCUT2D eigenvalue weighted by molar-refractivity contribution is 0.590. The largest absolute Gasteiger partial charge is 0.306 e. The van der Waals surface area contributed by atoms with Crippen LogP contribution in [-0.4, -0.2) is 18.3 Å². The Labute approximate surface area is 593 Å². The maximum Gasteiger partial charge on any atom is 0.104 e. The SMILES string of the molecule is CC(C)(C)c1ccc2c(c1)c1cc(C(C)(C)C)ccc1n2-c1c(C#N)c(-n2c3ccc(C(C)(C)C)cc3c3cc(C(C)(C)C)ccc32)c(-n2c3ccc(C(C)(C)C)cc3c3cc(C(C)(C)C)ccc32)c(-c2ccc(C#N)cc2)c1-n1c2ccc(C(C)(C)C)cc2c2cc(C(C)(C)C)ccc21. The zero-order valence-corrected chi connectivity index (χ0v) is 63.8. The smallest absolute Gasteiger partial charge is 0.104 e. The zero-order chi connectivity index (χ0) is 72.0. The summed E-state index contributed by atoms with van der Waals surface area (Å²) in [6.07, 6.45) is 0. The van der Waals surface area contributed by atoms with Crippen molar-refractivity contribution < 1.29 is 0 Å². The second-order valence-electron chi connectivity index (χ2n) is 37.1. The van der Waals surface area contributed by atoms with Gasteiger partial charge in [-0.05, 0) is 203 Å². The standard InChI is InChI=1S/C94H100N6/c1-87(2,3)57-29-37-74-65(45-57)66-46-58(88(4,5)6)30-38-75(66)97(74)83-73(54-96)84(98-76-39-31-59(89(7,8)9)47-67(76)68-48-60(90(10,11)12)32-40-77(68)98)86(100-80-43-35-63(93(19,20)21)51-71(80)72-52-64(94(22,23)24)36-44-81(72)100)82(56-27-25-55(53-95)26-28-56)85(83)99-78-41-33-61(91(13,14)15)49-69(78)70-50-62(92(16,17)18)34-42-79(70)99/h25-52H,1-24H3. The van der Waals surface area contributed by atoms with Gasteiger partial charge in [-0.25, -0.2) is 0 Å². The van der Waals surface area contributed by atoms with Gasteiger partial charge < -0.3 is 18.3 Å². The summed E-state index contributed by atoms with van der Waals surface area (Å²) >= 11 is 0. The Morgan fingerprint density at radius 1 is 0.220 bits per heavy atom. The van der Waals surface area contributed by atoms with Crippen LogP contribution in [0.4, 0.5) is 0 Å². The quantitative estimate of drug-likeness (QED) is 0.172. The first-order valence-electron chi connectivity index (χ1n) is 36.1. The van der Waals surface area contributed by atoms with E-state index in [1.165, 1.54) is 44.5 Å². The van der Waals surface area contributed by atoms with E-state index in [-0.39, 0.29) is 43.3 Å². The van der Waals surface area contributed by atoms with Crippen LogP contribution in [0.1, 0.15) is 222 Å². The van der Waals surface area contributed by atoms with Crippen molar-refractivity contribution >= 4 is 87.2 Å². The van der Waals surface area contributed by atoms with Crippen molar-refractivity contribution in [2.24, 2.45) is 0 Å². The van der Waals surface area contributed by atoms with E-state index in [9.17, 15) is 10.5 Å². The summed E-state index contributed by atoms with van der Waals surface area (Å²) in [4.78, 5) is 0. The van der Waals surface area contributed by atoms with E-state index in [4.69, 9.17) is 0 Å². The minimum absolute atomic E-state index is 0.174. The van der Waals surface area contributed by atoms with Crippen LogP contribution in [0.5, 0.6) is 0 Å². The number of hydrogen-bond acceptors (Lipinski definition) is 2. The molecule has 0 radical (unpaired) electrons. The Bertz CT molecular complexity index is 5230. The molecule has 0 aliphatic carbocycles. The van der Waals surface area contributed by atoms with E-state index >= 15 is 0 Å². The van der Waals surface area contributed by atoms with Gasteiger partial charge in [-0.15, -0.1) is 0 Å². The third-order valence-corrected chi connectivity index (χ3v) is 21.7. The summed E-state index contributed by atoms with van der Waals surface area (Å²) in [5.41, 5.74) is 22.6. The summed E-state index contributed by atoms with van der Waals surface area (Å²) in [5, 5.41) is 33.6. The van der Waals surface area contributed by atoms with Crippen molar-refractivity contribution in [3.8, 4) is 46.0 Å². The number of hydrogen-bond donors (Lipinski definition) is 0. The number of fused-ring (bicyclic) bond motifs is 12. The molecule has 0 N–H and O–H groups in total. The van der Waals surface area contributed by atoms with Crippen molar-refractivity contribution in [2.75, 3.05) is 0 Å². The van der Waals surface area contributed by atoms with Gasteiger partial charge in [-0.3, -0.25) is 0 Å². The molecule has 0 saturated carbocycles. The first-order valence-corrected chi connectivity index (χ1v) is 36.1. The van der Waals surface area contributed by atoms with Crippen LogP contribution in [0.2, 0.25) is 0 Å². The second kappa shape index (κ2) is 22.4. The minimum atomic E-state index is -0.175. The van der Waals surface area contributed by atoms with Crippen LogP contribution in [0, 0.1) is 22.7 Å². The molecule has 4 aromatic heterocycles. The number of nitriles is 2. The summed E-state index contributed by atoms with van der Waals surface area (Å²) in [6.45, 7) is 55.3. The highest BCUT2D eigenvalue weighted by atomic mass is 15.1. The zero-order valence-electron chi connectivity index (χ0n) is 63.8. The summed E-state index contributed by atoms with van der Waals surface area (Å²) in [5.74, 6) is 0. The number of rotatable bonds is 5. The van der Waals surface area contributed by atoms with Crippen LogP contribution in [-0.2, 0) is 43.3 Å². The molecular weight excluding hydrogens is 1210 g/mol. The predicted molar refractivity (Wildman–Crippen MR) is 428 cm³/mol. The lowest BCUT2D eigenvalue weighted by atomic mass is 9.85. The van der Waals surface area contributed by atoms with Crippen molar-refractivity contribution in [3.63, 3.8) is 0 Å². The molecule has 506 valence electrons. The molecule has 100 heavy (non-hydrogen) atoms. The fraction of sp³-hybridized carbons (Fsp3) is 0.340. The lowest BCUT2D eigenvalue weighted by Gasteiger charge is -2.30. The van der Waals surface area contributed by atoms with Crippen LogP contribution >= 0.6 is 0 Å². The highest BCUT2D eigenvalue weighted by Gasteiger charge is 2.37. The fourth-order valence-corrected chi connectivity index (χ4v) is 15.4. The molecule has 10 aromatic carbocycles. The van der Waals surface area contributed by atoms with Crippen LogP contribution in [0.15, 0.2) is 170 Å². The molecule has 0 aliphatic rings. The van der Waals surface area contributed by atoms with E-state index in [0.717, 1.165) is 121 Å². The number of nitrogens with zero attached hydrogens (tertiary/aromatic N) is 6. The molecule has 0 fully saturated rings. The molecule has 0 amide bonds. The van der Waals surface area contributed by atoms with Gasteiger partial charge in [0.1, 0.15) is 11.6 Å². The van der Waals surface area contributed by atoms with E-state index in [1.807, 2.05) is 12.1 Å². The van der Waals surface area contributed by atoms with Gasteiger partial charge in [0.15, 0.2) is 0 Å². The molecule has 0 aliphatic heterocycles. The van der Waals surface area contributed by atoms with Gasteiger partial charge in [0.05, 0.1) is 78.5 Å². The highest BCUT2D eigenvalue weighted by Crippen LogP contribution is 2.54. The fourth-order valence-electron chi connectivity index (χ4n) is 15.4. The van der Waals surface area contributed by atoms with E-state index in [1.54, 1.807) is 0 Å². The van der Waals surface area contributed by atoms with Crippen molar-refractivity contribution in [1.29, 1.82) is 10.5 Å². The van der Waals surface area contributed by atoms with Crippen LogP contribution in [0.3, 0.4) is 0 Å². The van der Waals surface area contributed by atoms with Gasteiger partial charge >= 0.3 is 0 Å². The second-order valence-corrected chi connectivity index (χ2v) is 37.1. The van der Waals surface area contributed by atoms with E-state index in [0.29, 0.717) is 11.1 Å². The molecule has 0 atom stereocenters. The van der Waals surface area contributed by atoms with Crippen LogP contribution < -0.4 is 0 Å². The topological polar surface area (TPSA) is 67.3 Å². The average molecular weight is 1310 g/mol. The monoisotopic (exact) mass is 1310 g/mol. The van der Waals surface area contributed by atoms with Gasteiger partial charge in [-0.1, -0.05) is 227 Å². The predicted octanol–water partition coefficient (Wildman–Crippen LogP) is 25.9. The Hall–Kier alpha value is -9.62. The molecule has 14 rings (SSSR count). The first kappa shape index (κ1) is 67.6. The maximum absolute atomic E-state index is 13.7. The summed E-state index contributed by atoms with van der Waals surface area (Å²) in [6, 6.07) is 70.8. The minimum Gasteiger partial charge on any atom is -0.306 e. The Balaban J connectivity index is 1.37.